The van der Waals surface area contributed by atoms with Crippen molar-refractivity contribution in [1.29, 1.82) is 0 Å². The monoisotopic (exact) mass is 806 g/mol. The Bertz CT molecular complexity index is 2280. The molecule has 0 unspecified atom stereocenters. The van der Waals surface area contributed by atoms with Crippen LogP contribution in [0.15, 0.2) is 121 Å². The number of rotatable bonds is 15. The van der Waals surface area contributed by atoms with Crippen LogP contribution in [-0.4, -0.2) is 62.9 Å². The molecule has 5 aromatic rings. The number of hydrogen-bond donors (Lipinski definition) is 0. The van der Waals surface area contributed by atoms with Crippen LogP contribution in [0.3, 0.4) is 0 Å². The second-order valence-electron chi connectivity index (χ2n) is 13.5. The number of carbonyl (C=O) groups excluding carboxylic acids is 5. The Balaban J connectivity index is 1.70. The average Bonchev–Trinajstić information content (AvgIpc) is 3.63. The van der Waals surface area contributed by atoms with Gasteiger partial charge in [-0.2, -0.15) is 0 Å². The van der Waals surface area contributed by atoms with E-state index in [2.05, 4.69) is 0 Å². The van der Waals surface area contributed by atoms with E-state index in [1.807, 2.05) is 60.7 Å². The molecule has 0 fully saturated rings. The predicted octanol–water partition coefficient (Wildman–Crippen LogP) is 9.89. The van der Waals surface area contributed by atoms with Crippen molar-refractivity contribution in [1.82, 2.24) is 0 Å². The van der Waals surface area contributed by atoms with Crippen molar-refractivity contribution in [3.8, 4) is 0 Å². The Morgan fingerprint density at radius 1 is 0.333 bits per heavy atom. The Morgan fingerprint density at radius 2 is 0.550 bits per heavy atom. The first-order valence-electron chi connectivity index (χ1n) is 20.0. The second kappa shape index (κ2) is 19.6. The van der Waals surface area contributed by atoms with E-state index in [0.717, 1.165) is 50.1 Å². The van der Waals surface area contributed by atoms with Gasteiger partial charge in [-0.05, 0) is 145 Å². The van der Waals surface area contributed by atoms with E-state index in [9.17, 15) is 24.0 Å². The van der Waals surface area contributed by atoms with Crippen molar-refractivity contribution < 1.29 is 47.7 Å². The molecule has 0 aromatic heterocycles. The zero-order valence-corrected chi connectivity index (χ0v) is 34.2. The molecule has 10 heteroatoms. The molecule has 1 aliphatic rings. The van der Waals surface area contributed by atoms with Crippen LogP contribution in [0.25, 0.3) is 22.3 Å². The van der Waals surface area contributed by atoms with Gasteiger partial charge in [-0.3, -0.25) is 0 Å². The second-order valence-corrected chi connectivity index (χ2v) is 13.5. The molecule has 6 rings (SSSR count). The number of ether oxygens (including phenoxy) is 5. The standard InChI is InChI=1S/C50H46O10/c1-6-56-46(51)36-21-11-31(12-22-36)41-42(32-13-23-37(24-14-32)47(52)57-7-2)44(34-17-27-39(28-18-34)49(54)59-9-4)45(35-19-29-40(30-20-35)50(55)60-10-5)43(41)33-15-25-38(26-16-33)48(53)58-8-3/h11-30,41H,6-10H2,1-5H3. The number of esters is 5. The normalized spacial score (nSPS) is 12.6. The van der Waals surface area contributed by atoms with Gasteiger partial charge in [-0.15, -0.1) is 0 Å². The third-order valence-corrected chi connectivity index (χ3v) is 9.90. The molecular weight excluding hydrogens is 761 g/mol. The van der Waals surface area contributed by atoms with E-state index in [1.54, 1.807) is 95.3 Å². The van der Waals surface area contributed by atoms with Gasteiger partial charge in [-0.1, -0.05) is 60.7 Å². The molecule has 0 saturated heterocycles. The molecule has 0 heterocycles. The molecule has 10 nitrogen and oxygen atoms in total. The maximum Gasteiger partial charge on any atom is 0.338 e. The highest BCUT2D eigenvalue weighted by molar-refractivity contribution is 6.30. The number of hydrogen-bond acceptors (Lipinski definition) is 10. The third-order valence-electron chi connectivity index (χ3n) is 9.90. The van der Waals surface area contributed by atoms with Crippen molar-refractivity contribution in [3.05, 3.63) is 177 Å². The summed E-state index contributed by atoms with van der Waals surface area (Å²) in [4.78, 5) is 64.2. The summed E-state index contributed by atoms with van der Waals surface area (Å²) in [5.41, 5.74) is 9.16. The Hall–Kier alpha value is -7.07. The van der Waals surface area contributed by atoms with Gasteiger partial charge >= 0.3 is 29.8 Å². The highest BCUT2D eigenvalue weighted by atomic mass is 16.5. The largest absolute Gasteiger partial charge is 0.462 e. The predicted molar refractivity (Wildman–Crippen MR) is 228 cm³/mol. The smallest absolute Gasteiger partial charge is 0.338 e. The first-order chi connectivity index (χ1) is 29.1. The molecule has 0 bridgehead atoms. The molecule has 0 radical (unpaired) electrons. The lowest BCUT2D eigenvalue weighted by Crippen LogP contribution is -2.08. The molecule has 306 valence electrons. The Kier molecular flexibility index (Phi) is 13.9. The van der Waals surface area contributed by atoms with Gasteiger partial charge in [0.05, 0.1) is 60.9 Å². The summed E-state index contributed by atoms with van der Waals surface area (Å²) in [7, 11) is 0. The summed E-state index contributed by atoms with van der Waals surface area (Å²) < 4.78 is 26.5. The van der Waals surface area contributed by atoms with Crippen LogP contribution < -0.4 is 0 Å². The molecule has 0 aliphatic heterocycles. The number of carbonyl (C=O) groups is 5. The summed E-state index contributed by atoms with van der Waals surface area (Å²) in [6.45, 7) is 9.87. The molecular formula is C50H46O10. The van der Waals surface area contributed by atoms with Crippen LogP contribution in [0, 0.1) is 0 Å². The van der Waals surface area contributed by atoms with E-state index in [4.69, 9.17) is 23.7 Å². The fraction of sp³-hybridized carbons (Fsp3) is 0.220. The molecule has 60 heavy (non-hydrogen) atoms. The first-order valence-corrected chi connectivity index (χ1v) is 20.0. The van der Waals surface area contributed by atoms with Crippen LogP contribution in [0.2, 0.25) is 0 Å². The minimum atomic E-state index is -0.511. The van der Waals surface area contributed by atoms with E-state index >= 15 is 0 Å². The van der Waals surface area contributed by atoms with Gasteiger partial charge in [-0.25, -0.2) is 24.0 Å². The highest BCUT2D eigenvalue weighted by Gasteiger charge is 2.38. The maximum absolute atomic E-state index is 12.8. The molecule has 0 atom stereocenters. The van der Waals surface area contributed by atoms with E-state index in [0.29, 0.717) is 27.8 Å². The van der Waals surface area contributed by atoms with E-state index < -0.39 is 35.8 Å². The molecule has 1 aliphatic carbocycles. The fourth-order valence-electron chi connectivity index (χ4n) is 7.26. The molecule has 0 saturated carbocycles. The molecule has 0 spiro atoms. The Labute approximate surface area is 349 Å². The number of allylic oxidation sites excluding steroid dienone is 4. The Morgan fingerprint density at radius 3 is 0.783 bits per heavy atom. The van der Waals surface area contributed by atoms with Crippen LogP contribution in [0.4, 0.5) is 0 Å². The summed E-state index contributed by atoms with van der Waals surface area (Å²) >= 11 is 0. The van der Waals surface area contributed by atoms with E-state index in [1.165, 1.54) is 0 Å². The van der Waals surface area contributed by atoms with Gasteiger partial charge < -0.3 is 23.7 Å². The lowest BCUT2D eigenvalue weighted by Gasteiger charge is -2.22. The quantitative estimate of drug-likeness (QED) is 0.0744. The lowest BCUT2D eigenvalue weighted by atomic mass is 9.80. The maximum atomic E-state index is 12.8. The van der Waals surface area contributed by atoms with Crippen molar-refractivity contribution in [2.45, 2.75) is 40.5 Å². The fourth-order valence-corrected chi connectivity index (χ4v) is 7.26. The topological polar surface area (TPSA) is 132 Å². The van der Waals surface area contributed by atoms with Crippen LogP contribution in [0.1, 0.15) is 120 Å². The SMILES string of the molecule is CCOC(=O)c1ccc(C2=C(c3ccc(C(=O)OCC)cc3)C(c3ccc(C(=O)OCC)cc3)C(c3ccc(C(=O)OCC)cc3)=C2c2ccc(C(=O)OCC)cc2)cc1. The summed E-state index contributed by atoms with van der Waals surface area (Å²) in [6, 6.07) is 36.0. The van der Waals surface area contributed by atoms with Crippen molar-refractivity contribution >= 4 is 52.1 Å². The zero-order chi connectivity index (χ0) is 42.8. The van der Waals surface area contributed by atoms with Crippen LogP contribution >= 0.6 is 0 Å². The molecule has 0 N–H and O–H groups in total. The minimum Gasteiger partial charge on any atom is -0.462 e. The van der Waals surface area contributed by atoms with Crippen molar-refractivity contribution in [2.24, 2.45) is 0 Å². The van der Waals surface area contributed by atoms with Gasteiger partial charge in [0.2, 0.25) is 0 Å². The lowest BCUT2D eigenvalue weighted by molar-refractivity contribution is 0.0516. The summed E-state index contributed by atoms with van der Waals surface area (Å²) in [5.74, 6) is -2.77. The molecule has 5 aromatic carbocycles. The van der Waals surface area contributed by atoms with Crippen molar-refractivity contribution in [3.63, 3.8) is 0 Å². The molecule has 0 amide bonds. The summed E-state index contributed by atoms with van der Waals surface area (Å²) in [5, 5.41) is 0. The van der Waals surface area contributed by atoms with Gasteiger partial charge in [0.25, 0.3) is 0 Å². The van der Waals surface area contributed by atoms with Gasteiger partial charge in [0, 0.05) is 5.92 Å². The summed E-state index contributed by atoms with van der Waals surface area (Å²) in [6.07, 6.45) is 0. The van der Waals surface area contributed by atoms with Crippen LogP contribution in [0.5, 0.6) is 0 Å². The van der Waals surface area contributed by atoms with Crippen molar-refractivity contribution in [2.75, 3.05) is 33.0 Å². The van der Waals surface area contributed by atoms with E-state index in [-0.39, 0.29) is 33.0 Å². The average molecular weight is 807 g/mol. The third kappa shape index (κ3) is 9.13. The first kappa shape index (κ1) is 42.5. The minimum absolute atomic E-state index is 0.224. The van der Waals surface area contributed by atoms with Gasteiger partial charge in [0.15, 0.2) is 0 Å². The number of benzene rings is 5. The van der Waals surface area contributed by atoms with Crippen LogP contribution in [-0.2, 0) is 23.7 Å². The van der Waals surface area contributed by atoms with Gasteiger partial charge in [0.1, 0.15) is 0 Å². The zero-order valence-electron chi connectivity index (χ0n) is 34.2. The highest BCUT2D eigenvalue weighted by Crippen LogP contribution is 2.58.